The largest absolute Gasteiger partial charge is 0.497 e. The lowest BCUT2D eigenvalue weighted by Crippen LogP contribution is -2.22. The second-order valence-electron chi connectivity index (χ2n) is 7.43. The number of hydrogen-bond donors (Lipinski definition) is 4. The van der Waals surface area contributed by atoms with Crippen LogP contribution < -0.4 is 27.1 Å². The number of carbonyl (C=O) groups excluding carboxylic acids is 1. The molecule has 0 bridgehead atoms. The lowest BCUT2D eigenvalue weighted by atomic mass is 9.99. The van der Waals surface area contributed by atoms with Crippen LogP contribution in [0.1, 0.15) is 10.4 Å². The topological polar surface area (TPSA) is 149 Å². The fourth-order valence-electron chi connectivity index (χ4n) is 3.65. The second-order valence-corrected chi connectivity index (χ2v) is 9.32. The molecule has 9 nitrogen and oxygen atoms in total. The molecule has 0 aliphatic rings. The van der Waals surface area contributed by atoms with Crippen molar-refractivity contribution in [1.29, 1.82) is 0 Å². The van der Waals surface area contributed by atoms with Crippen molar-refractivity contribution in [2.45, 2.75) is 9.79 Å². The molecule has 4 rings (SSSR count). The van der Waals surface area contributed by atoms with Crippen molar-refractivity contribution in [2.24, 2.45) is 5.84 Å². The Labute approximate surface area is 202 Å². The molecule has 0 aliphatic heterocycles. The van der Waals surface area contributed by atoms with Crippen LogP contribution in [0.5, 0.6) is 5.75 Å². The summed E-state index contributed by atoms with van der Waals surface area (Å²) in [4.78, 5) is 17.4. The molecule has 0 radical (unpaired) electrons. The van der Waals surface area contributed by atoms with Gasteiger partial charge >= 0.3 is 0 Å². The maximum Gasteiger partial charge on any atom is 0.260 e. The molecular weight excluding hydrogens is 466 g/mol. The molecule has 1 aromatic heterocycles. The number of nitrogens with two attached hydrogens (primary N) is 2. The first-order valence-corrected chi connectivity index (χ1v) is 12.0. The number of hydrogen-bond acceptors (Lipinski definition) is 8. The highest BCUT2D eigenvalue weighted by molar-refractivity contribution is 7.91. The minimum absolute atomic E-state index is 0.00568. The Kier molecular flexibility index (Phi) is 6.67. The lowest BCUT2D eigenvalue weighted by Gasteiger charge is -2.20. The minimum Gasteiger partial charge on any atom is -0.497 e. The van der Waals surface area contributed by atoms with Gasteiger partial charge in [-0.05, 0) is 42.0 Å². The molecule has 1 heterocycles. The van der Waals surface area contributed by atoms with Crippen molar-refractivity contribution in [1.82, 2.24) is 4.98 Å². The number of nitrogens with zero attached hydrogens (tertiary/aromatic N) is 1. The normalized spacial score (nSPS) is 11.0. The number of amides is 1. The zero-order chi connectivity index (χ0) is 25.0. The van der Waals surface area contributed by atoms with E-state index in [-0.39, 0.29) is 32.6 Å². The van der Waals surface area contributed by atoms with Gasteiger partial charge in [0.25, 0.3) is 5.91 Å². The quantitative estimate of drug-likeness (QED) is 0.227. The summed E-state index contributed by atoms with van der Waals surface area (Å²) in [5.41, 5.74) is 9.47. The summed E-state index contributed by atoms with van der Waals surface area (Å²) in [5.74, 6) is 5.25. The molecule has 0 saturated carbocycles. The zero-order valence-electron chi connectivity index (χ0n) is 18.7. The van der Waals surface area contributed by atoms with Crippen molar-refractivity contribution in [3.63, 3.8) is 0 Å². The monoisotopic (exact) mass is 489 g/mol. The summed E-state index contributed by atoms with van der Waals surface area (Å²) in [6.07, 6.45) is 0. The van der Waals surface area contributed by atoms with Crippen LogP contribution in [0.4, 0.5) is 17.3 Å². The number of aromatic nitrogens is 1. The first kappa shape index (κ1) is 23.7. The first-order valence-electron chi connectivity index (χ1n) is 10.5. The van der Waals surface area contributed by atoms with Crippen molar-refractivity contribution in [3.8, 4) is 16.9 Å². The van der Waals surface area contributed by atoms with E-state index in [1.807, 2.05) is 0 Å². The van der Waals surface area contributed by atoms with Crippen LogP contribution in [-0.2, 0) is 9.84 Å². The molecule has 10 heteroatoms. The highest BCUT2D eigenvalue weighted by atomic mass is 32.2. The first-order chi connectivity index (χ1) is 16.9. The molecule has 1 amide bonds. The van der Waals surface area contributed by atoms with Gasteiger partial charge in [-0.2, -0.15) is 0 Å². The average molecular weight is 490 g/mol. The number of sulfone groups is 1. The van der Waals surface area contributed by atoms with E-state index >= 15 is 0 Å². The van der Waals surface area contributed by atoms with Gasteiger partial charge in [0.2, 0.25) is 9.84 Å². The molecule has 0 aliphatic carbocycles. The molecule has 0 fully saturated rings. The molecule has 35 heavy (non-hydrogen) atoms. The summed E-state index contributed by atoms with van der Waals surface area (Å²) in [5, 5.41) is 2.77. The van der Waals surface area contributed by atoms with Crippen molar-refractivity contribution in [3.05, 3.63) is 90.5 Å². The third-order valence-corrected chi connectivity index (χ3v) is 7.12. The number of nitrogen functional groups attached to an aromatic ring is 2. The highest BCUT2D eigenvalue weighted by Gasteiger charge is 2.32. The summed E-state index contributed by atoms with van der Waals surface area (Å²) in [6.45, 7) is 0. The predicted molar refractivity (Wildman–Crippen MR) is 135 cm³/mol. The van der Waals surface area contributed by atoms with E-state index in [0.717, 1.165) is 0 Å². The predicted octanol–water partition coefficient (Wildman–Crippen LogP) is 3.71. The Morgan fingerprint density at radius 2 is 1.51 bits per heavy atom. The van der Waals surface area contributed by atoms with E-state index in [2.05, 4.69) is 15.7 Å². The molecular formula is C25H23N5O4S. The molecule has 178 valence electrons. The van der Waals surface area contributed by atoms with Crippen LogP contribution in [0.25, 0.3) is 11.1 Å². The molecule has 0 atom stereocenters. The third-order valence-electron chi connectivity index (χ3n) is 5.28. The van der Waals surface area contributed by atoms with Gasteiger partial charge in [0.05, 0.1) is 17.6 Å². The number of methoxy groups -OCH3 is 1. The summed E-state index contributed by atoms with van der Waals surface area (Å²) in [7, 11) is -2.67. The maximum absolute atomic E-state index is 13.8. The number of rotatable bonds is 7. The number of pyridine rings is 1. The van der Waals surface area contributed by atoms with Crippen LogP contribution in [0.15, 0.2) is 94.7 Å². The molecule has 4 aromatic rings. The Hall–Kier alpha value is -4.41. The molecule has 3 aromatic carbocycles. The molecule has 0 spiro atoms. The Morgan fingerprint density at radius 3 is 2.09 bits per heavy atom. The highest BCUT2D eigenvalue weighted by Crippen LogP contribution is 2.40. The number of nitrogens with one attached hydrogen (secondary N) is 2. The number of para-hydroxylation sites is 1. The standard InChI is InChI=1S/C25H23N5O4S/c1-34-18-14-12-16(13-15-18)20-21(25(31)28-17-8-4-2-5-9-17)24(30-27)29-23(26)22(20)35(32,33)19-10-6-3-7-11-19/h2-15H,27H2,1H3,(H,28,31)(H3,26,29,30). The van der Waals surface area contributed by atoms with Gasteiger partial charge in [0.15, 0.2) is 5.82 Å². The lowest BCUT2D eigenvalue weighted by molar-refractivity contribution is 0.102. The van der Waals surface area contributed by atoms with Crippen LogP contribution in [-0.4, -0.2) is 26.4 Å². The van der Waals surface area contributed by atoms with Crippen molar-refractivity contribution in [2.75, 3.05) is 23.6 Å². The SMILES string of the molecule is COc1ccc(-c2c(C(=O)Nc3ccccc3)c(NN)nc(N)c2S(=O)(=O)c2ccccc2)cc1. The van der Waals surface area contributed by atoms with Gasteiger partial charge < -0.3 is 21.2 Å². The van der Waals surface area contributed by atoms with Gasteiger partial charge in [-0.1, -0.05) is 48.5 Å². The third kappa shape index (κ3) is 4.65. The second kappa shape index (κ2) is 9.84. The van der Waals surface area contributed by atoms with E-state index in [0.29, 0.717) is 17.0 Å². The average Bonchev–Trinajstić information content (AvgIpc) is 2.88. The fourth-order valence-corrected chi connectivity index (χ4v) is 5.21. The van der Waals surface area contributed by atoms with Gasteiger partial charge in [-0.15, -0.1) is 0 Å². The van der Waals surface area contributed by atoms with Gasteiger partial charge in [0, 0.05) is 11.3 Å². The van der Waals surface area contributed by atoms with E-state index in [1.165, 1.54) is 19.2 Å². The van der Waals surface area contributed by atoms with Gasteiger partial charge in [-0.3, -0.25) is 4.79 Å². The van der Waals surface area contributed by atoms with Crippen molar-refractivity contribution >= 4 is 33.1 Å². The van der Waals surface area contributed by atoms with Gasteiger partial charge in [0.1, 0.15) is 16.5 Å². The molecule has 6 N–H and O–H groups in total. The molecule has 0 unspecified atom stereocenters. The van der Waals surface area contributed by atoms with Crippen LogP contribution >= 0.6 is 0 Å². The van der Waals surface area contributed by atoms with E-state index in [9.17, 15) is 13.2 Å². The number of anilines is 3. The van der Waals surface area contributed by atoms with E-state index < -0.39 is 15.7 Å². The summed E-state index contributed by atoms with van der Waals surface area (Å²) >= 11 is 0. The number of benzene rings is 3. The number of hydrazine groups is 1. The minimum atomic E-state index is -4.19. The van der Waals surface area contributed by atoms with Crippen LogP contribution in [0.2, 0.25) is 0 Å². The molecule has 0 saturated heterocycles. The smallest absolute Gasteiger partial charge is 0.260 e. The summed E-state index contributed by atoms with van der Waals surface area (Å²) in [6, 6.07) is 23.1. The Balaban J connectivity index is 2.04. The fraction of sp³-hybridized carbons (Fsp3) is 0.0400. The van der Waals surface area contributed by atoms with Crippen molar-refractivity contribution < 1.29 is 17.9 Å². The Bertz CT molecular complexity index is 1460. The van der Waals surface area contributed by atoms with Crippen LogP contribution in [0.3, 0.4) is 0 Å². The zero-order valence-corrected chi connectivity index (χ0v) is 19.5. The van der Waals surface area contributed by atoms with Gasteiger partial charge in [-0.25, -0.2) is 19.2 Å². The maximum atomic E-state index is 13.8. The number of ether oxygens (including phenoxy) is 1. The van der Waals surface area contributed by atoms with Crippen LogP contribution in [0, 0.1) is 0 Å². The van der Waals surface area contributed by atoms with E-state index in [4.69, 9.17) is 16.3 Å². The van der Waals surface area contributed by atoms with E-state index in [1.54, 1.807) is 72.8 Å². The summed E-state index contributed by atoms with van der Waals surface area (Å²) < 4.78 is 32.8. The number of carbonyl (C=O) groups is 1. The Morgan fingerprint density at radius 1 is 0.914 bits per heavy atom.